The van der Waals surface area contributed by atoms with Gasteiger partial charge >= 0.3 is 0 Å². The quantitative estimate of drug-likeness (QED) is 0.859. The summed E-state index contributed by atoms with van der Waals surface area (Å²) in [6.07, 6.45) is 8.37. The van der Waals surface area contributed by atoms with Crippen LogP contribution in [0.3, 0.4) is 0 Å². The zero-order chi connectivity index (χ0) is 12.4. The fraction of sp³-hybridized carbons (Fsp3) is 0.462. The van der Waals surface area contributed by atoms with Gasteiger partial charge < -0.3 is 9.88 Å². The molecule has 1 N–H and O–H groups in total. The Morgan fingerprint density at radius 2 is 2.22 bits per heavy atom. The van der Waals surface area contributed by atoms with Crippen molar-refractivity contribution in [2.45, 2.75) is 25.8 Å². The fourth-order valence-corrected chi connectivity index (χ4v) is 2.41. The van der Waals surface area contributed by atoms with E-state index in [1.807, 2.05) is 19.4 Å². The second-order valence-corrected chi connectivity index (χ2v) is 4.63. The van der Waals surface area contributed by atoms with Crippen molar-refractivity contribution in [1.82, 2.24) is 24.8 Å². The molecular weight excluding hydrogens is 226 g/mol. The number of imidazole rings is 1. The summed E-state index contributed by atoms with van der Waals surface area (Å²) in [5, 5.41) is 3.39. The summed E-state index contributed by atoms with van der Waals surface area (Å²) in [6, 6.07) is 0. The first-order valence-corrected chi connectivity index (χ1v) is 6.33. The minimum atomic E-state index is 0.895. The van der Waals surface area contributed by atoms with Gasteiger partial charge in [0.25, 0.3) is 0 Å². The van der Waals surface area contributed by atoms with Gasteiger partial charge in [-0.3, -0.25) is 0 Å². The van der Waals surface area contributed by atoms with Crippen LogP contribution in [0, 0.1) is 0 Å². The Labute approximate surface area is 106 Å². The first-order chi connectivity index (χ1) is 8.84. The maximum Gasteiger partial charge on any atom is 0.115 e. The molecule has 0 aromatic carbocycles. The molecule has 0 spiro atoms. The molecule has 5 nitrogen and oxygen atoms in total. The third-order valence-corrected chi connectivity index (χ3v) is 3.47. The van der Waals surface area contributed by atoms with Crippen molar-refractivity contribution in [3.63, 3.8) is 0 Å². The minimum Gasteiger partial charge on any atom is -0.338 e. The monoisotopic (exact) mass is 243 g/mol. The highest BCUT2D eigenvalue weighted by Gasteiger charge is 2.15. The van der Waals surface area contributed by atoms with E-state index in [1.165, 1.54) is 11.3 Å². The number of hydrogen-bond donors (Lipinski definition) is 1. The maximum absolute atomic E-state index is 4.43. The van der Waals surface area contributed by atoms with E-state index in [0.717, 1.165) is 43.9 Å². The summed E-state index contributed by atoms with van der Waals surface area (Å²) in [4.78, 5) is 13.2. The average molecular weight is 243 g/mol. The standard InChI is InChI=1S/C13H17N5/c1-18-7-6-15-13(18)3-2-11-10-8-14-5-4-12(10)17-9-16-11/h6-7,9,14H,2-5,8H2,1H3. The minimum absolute atomic E-state index is 0.895. The van der Waals surface area contributed by atoms with E-state index in [9.17, 15) is 0 Å². The second-order valence-electron chi connectivity index (χ2n) is 4.63. The van der Waals surface area contributed by atoms with Gasteiger partial charge in [-0.15, -0.1) is 0 Å². The SMILES string of the molecule is Cn1ccnc1CCc1ncnc2c1CNCC2. The molecule has 0 amide bonds. The van der Waals surface area contributed by atoms with Crippen molar-refractivity contribution in [1.29, 1.82) is 0 Å². The lowest BCUT2D eigenvalue weighted by atomic mass is 10.0. The molecule has 0 aliphatic carbocycles. The van der Waals surface area contributed by atoms with Gasteiger partial charge in [-0.1, -0.05) is 0 Å². The molecule has 0 radical (unpaired) electrons. The molecule has 0 fully saturated rings. The van der Waals surface area contributed by atoms with Crippen LogP contribution in [-0.4, -0.2) is 26.1 Å². The number of aromatic nitrogens is 4. The van der Waals surface area contributed by atoms with E-state index in [4.69, 9.17) is 0 Å². The van der Waals surface area contributed by atoms with Crippen molar-refractivity contribution < 1.29 is 0 Å². The van der Waals surface area contributed by atoms with Gasteiger partial charge in [-0.2, -0.15) is 0 Å². The number of nitrogens with one attached hydrogen (secondary N) is 1. The smallest absolute Gasteiger partial charge is 0.115 e. The zero-order valence-corrected chi connectivity index (χ0v) is 10.6. The highest BCUT2D eigenvalue weighted by atomic mass is 15.0. The largest absolute Gasteiger partial charge is 0.338 e. The second kappa shape index (κ2) is 4.86. The molecule has 0 bridgehead atoms. The Hall–Kier alpha value is -1.75. The summed E-state index contributed by atoms with van der Waals surface area (Å²) >= 11 is 0. The number of nitrogens with zero attached hydrogens (tertiary/aromatic N) is 4. The Bertz CT molecular complexity index is 546. The summed E-state index contributed by atoms with van der Waals surface area (Å²) < 4.78 is 2.06. The predicted octanol–water partition coefficient (Wildman–Crippen LogP) is 0.641. The van der Waals surface area contributed by atoms with Crippen LogP contribution in [0.1, 0.15) is 22.8 Å². The molecule has 1 aliphatic heterocycles. The molecular formula is C13H17N5. The van der Waals surface area contributed by atoms with Crippen molar-refractivity contribution >= 4 is 0 Å². The van der Waals surface area contributed by atoms with Gasteiger partial charge in [0.2, 0.25) is 0 Å². The van der Waals surface area contributed by atoms with E-state index in [0.29, 0.717) is 0 Å². The van der Waals surface area contributed by atoms with Crippen LogP contribution in [0.4, 0.5) is 0 Å². The molecule has 0 saturated heterocycles. The van der Waals surface area contributed by atoms with Crippen molar-refractivity contribution in [2.75, 3.05) is 6.54 Å². The van der Waals surface area contributed by atoms with Gasteiger partial charge in [-0.25, -0.2) is 15.0 Å². The zero-order valence-electron chi connectivity index (χ0n) is 10.6. The van der Waals surface area contributed by atoms with Gasteiger partial charge in [0.15, 0.2) is 0 Å². The highest BCUT2D eigenvalue weighted by Crippen LogP contribution is 2.15. The molecule has 0 saturated carbocycles. The normalized spacial score (nSPS) is 14.5. The molecule has 18 heavy (non-hydrogen) atoms. The lowest BCUT2D eigenvalue weighted by Crippen LogP contribution is -2.26. The van der Waals surface area contributed by atoms with Crippen molar-refractivity contribution in [3.8, 4) is 0 Å². The third-order valence-electron chi connectivity index (χ3n) is 3.47. The highest BCUT2D eigenvalue weighted by molar-refractivity contribution is 5.27. The van der Waals surface area contributed by atoms with Crippen LogP contribution >= 0.6 is 0 Å². The summed E-state index contributed by atoms with van der Waals surface area (Å²) in [5.41, 5.74) is 3.66. The van der Waals surface area contributed by atoms with Crippen LogP contribution in [0.25, 0.3) is 0 Å². The van der Waals surface area contributed by atoms with Crippen molar-refractivity contribution in [3.05, 3.63) is 41.5 Å². The van der Waals surface area contributed by atoms with E-state index < -0.39 is 0 Å². The van der Waals surface area contributed by atoms with Gasteiger partial charge in [0.05, 0.1) is 0 Å². The lowest BCUT2D eigenvalue weighted by Gasteiger charge is -2.18. The van der Waals surface area contributed by atoms with Gasteiger partial charge in [0, 0.05) is 62.3 Å². The number of hydrogen-bond acceptors (Lipinski definition) is 4. The number of aryl methyl sites for hydroxylation is 3. The molecule has 0 atom stereocenters. The first kappa shape index (κ1) is 11.3. The molecule has 94 valence electrons. The fourth-order valence-electron chi connectivity index (χ4n) is 2.41. The third kappa shape index (κ3) is 2.13. The molecule has 1 aliphatic rings. The molecule has 2 aromatic heterocycles. The Morgan fingerprint density at radius 1 is 1.28 bits per heavy atom. The van der Waals surface area contributed by atoms with Crippen LogP contribution in [0.15, 0.2) is 18.7 Å². The maximum atomic E-state index is 4.43. The van der Waals surface area contributed by atoms with E-state index >= 15 is 0 Å². The summed E-state index contributed by atoms with van der Waals surface area (Å²) in [6.45, 7) is 1.91. The Morgan fingerprint density at radius 3 is 3.06 bits per heavy atom. The summed E-state index contributed by atoms with van der Waals surface area (Å²) in [5.74, 6) is 1.10. The molecule has 2 aromatic rings. The number of fused-ring (bicyclic) bond motifs is 1. The predicted molar refractivity (Wildman–Crippen MR) is 68.1 cm³/mol. The van der Waals surface area contributed by atoms with E-state index in [2.05, 4.69) is 24.8 Å². The van der Waals surface area contributed by atoms with Gasteiger partial charge in [0.1, 0.15) is 12.2 Å². The van der Waals surface area contributed by atoms with Crippen LogP contribution in [0.2, 0.25) is 0 Å². The van der Waals surface area contributed by atoms with Gasteiger partial charge in [-0.05, 0) is 6.42 Å². The lowest BCUT2D eigenvalue weighted by molar-refractivity contribution is 0.613. The van der Waals surface area contributed by atoms with Crippen LogP contribution < -0.4 is 5.32 Å². The van der Waals surface area contributed by atoms with Crippen LogP contribution in [-0.2, 0) is 32.9 Å². The molecule has 3 rings (SSSR count). The summed E-state index contributed by atoms with van der Waals surface area (Å²) in [7, 11) is 2.03. The Balaban J connectivity index is 1.79. The van der Waals surface area contributed by atoms with E-state index in [1.54, 1.807) is 6.33 Å². The van der Waals surface area contributed by atoms with Crippen LogP contribution in [0.5, 0.6) is 0 Å². The Kier molecular flexibility index (Phi) is 3.06. The molecule has 0 unspecified atom stereocenters. The molecule has 3 heterocycles. The topological polar surface area (TPSA) is 55.6 Å². The number of rotatable bonds is 3. The van der Waals surface area contributed by atoms with Crippen molar-refractivity contribution in [2.24, 2.45) is 7.05 Å². The van der Waals surface area contributed by atoms with E-state index in [-0.39, 0.29) is 0 Å². The molecule has 5 heteroatoms. The average Bonchev–Trinajstić information content (AvgIpc) is 2.82. The first-order valence-electron chi connectivity index (χ1n) is 6.33.